The number of unbranched alkanes of at least 4 members (excludes halogenated alkanes) is 1. The highest BCUT2D eigenvalue weighted by atomic mass is 19.4. The standard InChI is InChI=1S/C19H21F3N4O3/c1-3-4-9-29-10-14-15-16(23-18(28)24-17(15)27)26(25-14)11(2)12-5-7-13(8-6-12)19(20,21)22/h5-8,11H,3-4,9-10H2,1-2H3,(H2,23,24,27,28)/t11-/m0/s1. The average Bonchev–Trinajstić information content (AvgIpc) is 3.02. The Labute approximate surface area is 164 Å². The Hall–Kier alpha value is -2.88. The minimum atomic E-state index is -4.43. The van der Waals surface area contributed by atoms with Crippen LogP contribution in [-0.2, 0) is 17.5 Å². The first-order valence-electron chi connectivity index (χ1n) is 9.17. The van der Waals surface area contributed by atoms with Crippen LogP contribution in [0.2, 0.25) is 0 Å². The van der Waals surface area contributed by atoms with Crippen molar-refractivity contribution in [3.05, 3.63) is 51.4 Å². The molecule has 7 nitrogen and oxygen atoms in total. The van der Waals surface area contributed by atoms with E-state index in [1.54, 1.807) is 6.92 Å². The fraction of sp³-hybridized carbons (Fsp3) is 0.421. The first-order valence-corrected chi connectivity index (χ1v) is 9.17. The fourth-order valence-corrected chi connectivity index (χ4v) is 2.98. The van der Waals surface area contributed by atoms with Crippen molar-refractivity contribution in [2.75, 3.05) is 6.61 Å². The molecule has 10 heteroatoms. The predicted octanol–water partition coefficient (Wildman–Crippen LogP) is 3.77. The van der Waals surface area contributed by atoms with Gasteiger partial charge in [0.2, 0.25) is 0 Å². The molecule has 0 amide bonds. The highest BCUT2D eigenvalue weighted by Crippen LogP contribution is 2.31. The van der Waals surface area contributed by atoms with Gasteiger partial charge in [0.15, 0.2) is 5.65 Å². The number of nitrogens with zero attached hydrogens (tertiary/aromatic N) is 3. The molecule has 0 fully saturated rings. The molecule has 29 heavy (non-hydrogen) atoms. The number of aromatic hydroxyl groups is 1. The van der Waals surface area contributed by atoms with Gasteiger partial charge in [0.1, 0.15) is 11.1 Å². The van der Waals surface area contributed by atoms with E-state index in [1.165, 1.54) is 16.8 Å². The Morgan fingerprint density at radius 3 is 2.59 bits per heavy atom. The summed E-state index contributed by atoms with van der Waals surface area (Å²) in [7, 11) is 0. The number of hydrogen-bond acceptors (Lipinski definition) is 5. The molecule has 0 unspecified atom stereocenters. The minimum Gasteiger partial charge on any atom is -0.480 e. The molecular weight excluding hydrogens is 389 g/mol. The van der Waals surface area contributed by atoms with Crippen LogP contribution in [0.4, 0.5) is 13.2 Å². The number of fused-ring (bicyclic) bond motifs is 1. The molecule has 3 rings (SSSR count). The molecule has 0 aliphatic heterocycles. The second kappa shape index (κ2) is 8.24. The fourth-order valence-electron chi connectivity index (χ4n) is 2.98. The van der Waals surface area contributed by atoms with Crippen LogP contribution in [0.1, 0.15) is 49.6 Å². The maximum Gasteiger partial charge on any atom is 0.416 e. The molecule has 2 heterocycles. The second-order valence-corrected chi connectivity index (χ2v) is 6.68. The van der Waals surface area contributed by atoms with Gasteiger partial charge in [-0.2, -0.15) is 23.3 Å². The third kappa shape index (κ3) is 4.42. The van der Waals surface area contributed by atoms with E-state index in [0.29, 0.717) is 17.9 Å². The first-order chi connectivity index (χ1) is 13.7. The van der Waals surface area contributed by atoms with E-state index in [-0.39, 0.29) is 17.6 Å². The summed E-state index contributed by atoms with van der Waals surface area (Å²) in [5.74, 6) is 0. The van der Waals surface area contributed by atoms with Crippen molar-refractivity contribution in [2.24, 2.45) is 0 Å². The van der Waals surface area contributed by atoms with Crippen molar-refractivity contribution in [1.29, 1.82) is 0 Å². The van der Waals surface area contributed by atoms with Gasteiger partial charge in [0, 0.05) is 6.61 Å². The van der Waals surface area contributed by atoms with Crippen LogP contribution >= 0.6 is 0 Å². The number of alkyl halides is 3. The lowest BCUT2D eigenvalue weighted by Crippen LogP contribution is -2.12. The molecule has 156 valence electrons. The van der Waals surface area contributed by atoms with E-state index >= 15 is 0 Å². The normalized spacial score (nSPS) is 13.1. The Morgan fingerprint density at radius 2 is 1.97 bits per heavy atom. The summed E-state index contributed by atoms with van der Waals surface area (Å²) in [6.45, 7) is 4.33. The summed E-state index contributed by atoms with van der Waals surface area (Å²) in [5, 5.41) is 14.3. The first kappa shape index (κ1) is 20.8. The number of benzene rings is 1. The van der Waals surface area contributed by atoms with E-state index in [0.717, 1.165) is 25.0 Å². The second-order valence-electron chi connectivity index (χ2n) is 6.68. The zero-order valence-electron chi connectivity index (χ0n) is 16.0. The van der Waals surface area contributed by atoms with Gasteiger partial charge in [-0.15, -0.1) is 0 Å². The van der Waals surface area contributed by atoms with Gasteiger partial charge in [-0.1, -0.05) is 25.5 Å². The van der Waals surface area contributed by atoms with Crippen molar-refractivity contribution < 1.29 is 23.0 Å². The third-order valence-electron chi connectivity index (χ3n) is 4.59. The molecule has 0 aliphatic carbocycles. The Balaban J connectivity index is 2.00. The zero-order valence-corrected chi connectivity index (χ0v) is 16.0. The molecule has 1 atom stereocenters. The Bertz CT molecular complexity index is 1040. The number of ether oxygens (including phenoxy) is 1. The molecule has 1 aromatic carbocycles. The number of aromatic amines is 1. The summed E-state index contributed by atoms with van der Waals surface area (Å²) in [6.07, 6.45) is -2.62. The van der Waals surface area contributed by atoms with Crippen molar-refractivity contribution in [3.8, 4) is 6.01 Å². The SMILES string of the molecule is CCCCOCc1nn([C@@H](C)c2ccc(C(F)(F)F)cc2)c2nc(O)[nH]c(=O)c12. The molecular formula is C19H21F3N4O3. The van der Waals surface area contributed by atoms with Gasteiger partial charge < -0.3 is 9.84 Å². The number of halogens is 3. The topological polar surface area (TPSA) is 93.0 Å². The van der Waals surface area contributed by atoms with Gasteiger partial charge in [0.25, 0.3) is 11.6 Å². The number of nitrogens with one attached hydrogen (secondary N) is 1. The van der Waals surface area contributed by atoms with Gasteiger partial charge in [-0.25, -0.2) is 4.68 Å². The molecule has 0 radical (unpaired) electrons. The maximum absolute atomic E-state index is 12.8. The Kier molecular flexibility index (Phi) is 5.92. The molecule has 3 aromatic rings. The molecule has 0 saturated carbocycles. The highest BCUT2D eigenvalue weighted by Gasteiger charge is 2.30. The number of aromatic nitrogens is 4. The van der Waals surface area contributed by atoms with Crippen molar-refractivity contribution in [2.45, 2.75) is 45.5 Å². The Morgan fingerprint density at radius 1 is 1.28 bits per heavy atom. The van der Waals surface area contributed by atoms with Crippen molar-refractivity contribution in [1.82, 2.24) is 19.7 Å². The van der Waals surface area contributed by atoms with Gasteiger partial charge in [-0.05, 0) is 31.0 Å². The summed E-state index contributed by atoms with van der Waals surface area (Å²) in [5.41, 5.74) is -0.290. The largest absolute Gasteiger partial charge is 0.480 e. The van der Waals surface area contributed by atoms with E-state index in [2.05, 4.69) is 15.1 Å². The average molecular weight is 410 g/mol. The van der Waals surface area contributed by atoms with Crippen molar-refractivity contribution in [3.63, 3.8) is 0 Å². The van der Waals surface area contributed by atoms with Crippen LogP contribution < -0.4 is 5.56 Å². The molecule has 2 aromatic heterocycles. The summed E-state index contributed by atoms with van der Waals surface area (Å²) < 4.78 is 45.4. The van der Waals surface area contributed by atoms with Crippen LogP contribution in [-0.4, -0.2) is 31.5 Å². The monoisotopic (exact) mass is 410 g/mol. The number of rotatable bonds is 7. The third-order valence-corrected chi connectivity index (χ3v) is 4.59. The summed E-state index contributed by atoms with van der Waals surface area (Å²) in [6, 6.07) is 3.59. The van der Waals surface area contributed by atoms with Gasteiger partial charge >= 0.3 is 6.18 Å². The van der Waals surface area contributed by atoms with E-state index in [9.17, 15) is 23.1 Å². The van der Waals surface area contributed by atoms with Crippen LogP contribution in [0.15, 0.2) is 29.1 Å². The lowest BCUT2D eigenvalue weighted by atomic mass is 10.1. The summed E-state index contributed by atoms with van der Waals surface area (Å²) in [4.78, 5) is 18.5. The quantitative estimate of drug-likeness (QED) is 0.579. The highest BCUT2D eigenvalue weighted by molar-refractivity contribution is 5.77. The van der Waals surface area contributed by atoms with E-state index < -0.39 is 29.4 Å². The summed E-state index contributed by atoms with van der Waals surface area (Å²) >= 11 is 0. The molecule has 0 aliphatic rings. The van der Waals surface area contributed by atoms with Crippen LogP contribution in [0.3, 0.4) is 0 Å². The van der Waals surface area contributed by atoms with E-state index in [4.69, 9.17) is 4.74 Å². The van der Waals surface area contributed by atoms with Crippen LogP contribution in [0.5, 0.6) is 6.01 Å². The number of hydrogen-bond donors (Lipinski definition) is 2. The zero-order chi connectivity index (χ0) is 21.2. The van der Waals surface area contributed by atoms with E-state index in [1.807, 2.05) is 6.92 Å². The van der Waals surface area contributed by atoms with Crippen LogP contribution in [0, 0.1) is 0 Å². The predicted molar refractivity (Wildman–Crippen MR) is 99.6 cm³/mol. The smallest absolute Gasteiger partial charge is 0.416 e. The van der Waals surface area contributed by atoms with Crippen molar-refractivity contribution >= 4 is 11.0 Å². The number of H-pyrrole nitrogens is 1. The lowest BCUT2D eigenvalue weighted by Gasteiger charge is -2.15. The molecule has 2 N–H and O–H groups in total. The minimum absolute atomic E-state index is 0.0821. The van der Waals surface area contributed by atoms with Gasteiger partial charge in [0.05, 0.1) is 18.2 Å². The molecule has 0 bridgehead atoms. The lowest BCUT2D eigenvalue weighted by molar-refractivity contribution is -0.137. The maximum atomic E-state index is 12.8. The molecule has 0 spiro atoms. The van der Waals surface area contributed by atoms with Gasteiger partial charge in [-0.3, -0.25) is 9.78 Å². The molecule has 0 saturated heterocycles. The van der Waals surface area contributed by atoms with Crippen LogP contribution in [0.25, 0.3) is 11.0 Å².